The molecule has 7 nitrogen and oxygen atoms in total. The summed E-state index contributed by atoms with van der Waals surface area (Å²) in [6.45, 7) is 9.39. The Hall–Kier alpha value is -3.16. The number of halogens is 1. The molecule has 0 radical (unpaired) electrons. The number of hydrogen-bond donors (Lipinski definition) is 1. The van der Waals surface area contributed by atoms with Gasteiger partial charge in [-0.25, -0.2) is 4.68 Å². The maximum Gasteiger partial charge on any atom is 0.272 e. The molecule has 2 heterocycles. The van der Waals surface area contributed by atoms with Gasteiger partial charge >= 0.3 is 0 Å². The minimum absolute atomic E-state index is 0.0651. The van der Waals surface area contributed by atoms with E-state index in [9.17, 15) is 9.59 Å². The molecule has 1 atom stereocenters. The predicted molar refractivity (Wildman–Crippen MR) is 134 cm³/mol. The number of nitrogens with one attached hydrogen (secondary N) is 1. The van der Waals surface area contributed by atoms with Crippen LogP contribution in [0.4, 0.5) is 0 Å². The van der Waals surface area contributed by atoms with Crippen molar-refractivity contribution in [3.8, 4) is 16.9 Å². The van der Waals surface area contributed by atoms with Crippen LogP contribution in [0.2, 0.25) is 5.02 Å². The third-order valence-corrected chi connectivity index (χ3v) is 6.42. The molecular formula is C26H30ClN5O2. The first-order chi connectivity index (χ1) is 16.3. The number of aryl methyl sites for hydroxylation is 1. The Bertz CT molecular complexity index is 1170. The second-order valence-corrected chi connectivity index (χ2v) is 9.23. The zero-order valence-corrected chi connectivity index (χ0v) is 20.5. The van der Waals surface area contributed by atoms with E-state index in [4.69, 9.17) is 11.6 Å². The highest BCUT2D eigenvalue weighted by atomic mass is 35.5. The number of carbonyl (C=O) groups is 2. The third-order valence-electron chi connectivity index (χ3n) is 6.10. The van der Waals surface area contributed by atoms with Crippen LogP contribution >= 0.6 is 11.6 Å². The number of nitrogens with zero attached hydrogens (tertiary/aromatic N) is 4. The normalized spacial score (nSPS) is 15.2. The van der Waals surface area contributed by atoms with Gasteiger partial charge in [-0.1, -0.05) is 53.6 Å². The number of hydrogen-bond acceptors (Lipinski definition) is 4. The van der Waals surface area contributed by atoms with E-state index >= 15 is 0 Å². The van der Waals surface area contributed by atoms with E-state index in [1.807, 2.05) is 73.3 Å². The Morgan fingerprint density at radius 1 is 1.06 bits per heavy atom. The SMILES string of the molecule is CC(=O)N1CCN(CC(C)NC(=O)c2cc(-c3ccc(C)cc3)n(-c3ccccc3Cl)n2)CC1. The second-order valence-electron chi connectivity index (χ2n) is 8.83. The Morgan fingerprint density at radius 3 is 2.38 bits per heavy atom. The minimum atomic E-state index is -0.228. The zero-order valence-electron chi connectivity index (χ0n) is 19.8. The molecule has 0 bridgehead atoms. The van der Waals surface area contributed by atoms with Crippen LogP contribution in [-0.2, 0) is 4.79 Å². The van der Waals surface area contributed by atoms with Crippen molar-refractivity contribution in [1.29, 1.82) is 0 Å². The Balaban J connectivity index is 1.52. The zero-order chi connectivity index (χ0) is 24.2. The molecule has 178 valence electrons. The fourth-order valence-electron chi connectivity index (χ4n) is 4.21. The number of piperazine rings is 1. The molecule has 1 saturated heterocycles. The molecular weight excluding hydrogens is 450 g/mol. The molecule has 0 spiro atoms. The smallest absolute Gasteiger partial charge is 0.272 e. The second kappa shape index (κ2) is 10.4. The maximum atomic E-state index is 13.1. The van der Waals surface area contributed by atoms with Crippen LogP contribution in [0.25, 0.3) is 16.9 Å². The van der Waals surface area contributed by atoms with Crippen molar-refractivity contribution in [2.45, 2.75) is 26.8 Å². The van der Waals surface area contributed by atoms with Gasteiger partial charge in [0.1, 0.15) is 0 Å². The topological polar surface area (TPSA) is 70.5 Å². The van der Waals surface area contributed by atoms with Crippen LogP contribution in [0.1, 0.15) is 29.9 Å². The molecule has 8 heteroatoms. The summed E-state index contributed by atoms with van der Waals surface area (Å²) >= 11 is 6.46. The largest absolute Gasteiger partial charge is 0.347 e. The average molecular weight is 480 g/mol. The fourth-order valence-corrected chi connectivity index (χ4v) is 4.42. The molecule has 34 heavy (non-hydrogen) atoms. The molecule has 4 rings (SSSR count). The van der Waals surface area contributed by atoms with Gasteiger partial charge in [0.25, 0.3) is 5.91 Å². The van der Waals surface area contributed by atoms with Crippen LogP contribution < -0.4 is 5.32 Å². The van der Waals surface area contributed by atoms with Crippen molar-refractivity contribution in [3.63, 3.8) is 0 Å². The van der Waals surface area contributed by atoms with Gasteiger partial charge in [-0.2, -0.15) is 5.10 Å². The maximum absolute atomic E-state index is 13.1. The lowest BCUT2D eigenvalue weighted by Gasteiger charge is -2.35. The van der Waals surface area contributed by atoms with Crippen molar-refractivity contribution in [1.82, 2.24) is 24.9 Å². The molecule has 2 amide bonds. The van der Waals surface area contributed by atoms with Gasteiger partial charge in [-0.05, 0) is 32.0 Å². The Kier molecular flexibility index (Phi) is 7.34. The van der Waals surface area contributed by atoms with Gasteiger partial charge in [-0.3, -0.25) is 14.5 Å². The third kappa shape index (κ3) is 5.48. The summed E-state index contributed by atoms with van der Waals surface area (Å²) in [5.41, 5.74) is 3.96. The summed E-state index contributed by atoms with van der Waals surface area (Å²) in [7, 11) is 0. The van der Waals surface area contributed by atoms with E-state index in [-0.39, 0.29) is 17.9 Å². The predicted octanol–water partition coefficient (Wildman–Crippen LogP) is 3.78. The molecule has 1 unspecified atom stereocenters. The molecule has 2 aromatic carbocycles. The first-order valence-electron chi connectivity index (χ1n) is 11.5. The van der Waals surface area contributed by atoms with E-state index in [0.717, 1.165) is 48.7 Å². The van der Waals surface area contributed by atoms with Crippen molar-refractivity contribution in [2.75, 3.05) is 32.7 Å². The van der Waals surface area contributed by atoms with Gasteiger partial charge in [0.15, 0.2) is 5.69 Å². The first kappa shape index (κ1) is 24.0. The summed E-state index contributed by atoms with van der Waals surface area (Å²) in [4.78, 5) is 28.8. The average Bonchev–Trinajstić information content (AvgIpc) is 3.25. The van der Waals surface area contributed by atoms with Gasteiger partial charge < -0.3 is 10.2 Å². The summed E-state index contributed by atoms with van der Waals surface area (Å²) in [5, 5.41) is 8.27. The van der Waals surface area contributed by atoms with Gasteiger partial charge in [0.2, 0.25) is 5.91 Å². The molecule has 1 fully saturated rings. The fraction of sp³-hybridized carbons (Fsp3) is 0.346. The highest BCUT2D eigenvalue weighted by molar-refractivity contribution is 6.32. The minimum Gasteiger partial charge on any atom is -0.347 e. The number of rotatable bonds is 6. The Morgan fingerprint density at radius 2 is 1.74 bits per heavy atom. The van der Waals surface area contributed by atoms with Crippen molar-refractivity contribution < 1.29 is 9.59 Å². The number of carbonyl (C=O) groups excluding carboxylic acids is 2. The van der Waals surface area contributed by atoms with Gasteiger partial charge in [-0.15, -0.1) is 0 Å². The summed E-state index contributed by atoms with van der Waals surface area (Å²) in [5.74, 6) is -0.117. The van der Waals surface area contributed by atoms with Gasteiger partial charge in [0.05, 0.1) is 16.4 Å². The lowest BCUT2D eigenvalue weighted by Crippen LogP contribution is -2.51. The molecule has 1 aliphatic rings. The van der Waals surface area contributed by atoms with E-state index in [1.54, 1.807) is 11.6 Å². The van der Waals surface area contributed by atoms with E-state index < -0.39 is 0 Å². The molecule has 1 aromatic heterocycles. The standard InChI is InChI=1S/C26H30ClN5O2/c1-18-8-10-21(11-9-18)25-16-23(29-32(25)24-7-5-4-6-22(24)27)26(34)28-19(2)17-30-12-14-31(15-13-30)20(3)33/h4-11,16,19H,12-15,17H2,1-3H3,(H,28,34). The van der Waals surface area contributed by atoms with Crippen molar-refractivity contribution >= 4 is 23.4 Å². The van der Waals surface area contributed by atoms with E-state index in [2.05, 4.69) is 15.3 Å². The molecule has 0 saturated carbocycles. The number of amides is 2. The number of para-hydroxylation sites is 1. The van der Waals surface area contributed by atoms with Crippen LogP contribution in [0.3, 0.4) is 0 Å². The van der Waals surface area contributed by atoms with Gasteiger partial charge in [0, 0.05) is 51.3 Å². The van der Waals surface area contributed by atoms with E-state index in [0.29, 0.717) is 17.3 Å². The first-order valence-corrected chi connectivity index (χ1v) is 11.9. The van der Waals surface area contributed by atoms with Crippen LogP contribution in [0.5, 0.6) is 0 Å². The molecule has 1 N–H and O–H groups in total. The monoisotopic (exact) mass is 479 g/mol. The molecule has 3 aromatic rings. The van der Waals surface area contributed by atoms with Crippen molar-refractivity contribution in [3.05, 3.63) is 70.9 Å². The van der Waals surface area contributed by atoms with Crippen LogP contribution in [0.15, 0.2) is 54.6 Å². The highest BCUT2D eigenvalue weighted by Gasteiger charge is 2.22. The quantitative estimate of drug-likeness (QED) is 0.584. The lowest BCUT2D eigenvalue weighted by atomic mass is 10.1. The van der Waals surface area contributed by atoms with Crippen molar-refractivity contribution in [2.24, 2.45) is 0 Å². The van der Waals surface area contributed by atoms with Crippen LogP contribution in [0, 0.1) is 6.92 Å². The lowest BCUT2D eigenvalue weighted by molar-refractivity contribution is -0.130. The van der Waals surface area contributed by atoms with E-state index in [1.165, 1.54) is 0 Å². The molecule has 0 aliphatic carbocycles. The highest BCUT2D eigenvalue weighted by Crippen LogP contribution is 2.28. The Labute approximate surface area is 205 Å². The number of aromatic nitrogens is 2. The van der Waals surface area contributed by atoms with Crippen LogP contribution in [-0.4, -0.2) is 70.2 Å². The summed E-state index contributed by atoms with van der Waals surface area (Å²) in [6.07, 6.45) is 0. The molecule has 1 aliphatic heterocycles. The summed E-state index contributed by atoms with van der Waals surface area (Å²) < 4.78 is 1.73. The summed E-state index contributed by atoms with van der Waals surface area (Å²) in [6, 6.07) is 17.3. The number of benzene rings is 2.